The highest BCUT2D eigenvalue weighted by molar-refractivity contribution is 14.0. The summed E-state index contributed by atoms with van der Waals surface area (Å²) < 4.78 is 30.7. The van der Waals surface area contributed by atoms with Crippen LogP contribution in [0.3, 0.4) is 0 Å². The lowest BCUT2D eigenvalue weighted by Gasteiger charge is -2.29. The van der Waals surface area contributed by atoms with E-state index in [4.69, 9.17) is 4.74 Å². The van der Waals surface area contributed by atoms with Gasteiger partial charge in [0, 0.05) is 33.9 Å². The van der Waals surface area contributed by atoms with Crippen molar-refractivity contribution >= 4 is 39.8 Å². The second-order valence-electron chi connectivity index (χ2n) is 9.40. The summed E-state index contributed by atoms with van der Waals surface area (Å²) in [5.74, 6) is 0.675. The van der Waals surface area contributed by atoms with Crippen molar-refractivity contribution in [3.63, 3.8) is 0 Å². The van der Waals surface area contributed by atoms with E-state index in [-0.39, 0.29) is 40.6 Å². The van der Waals surface area contributed by atoms with Crippen molar-refractivity contribution in [2.75, 3.05) is 39.6 Å². The molecule has 0 unspecified atom stereocenters. The Morgan fingerprint density at radius 1 is 1.13 bits per heavy atom. The summed E-state index contributed by atoms with van der Waals surface area (Å²) in [6.45, 7) is 8.25. The standard InChI is InChI=1S/C23H39N3O3S.HI/c1-22(2,3)19-8-10-20(11-9-19)30(27,28)17-15-25-21(24-4)26-18-23(14-16-29-5)12-6-7-13-23;/h8-11H,6-7,12-18H2,1-5H3,(H2,24,25,26);1H. The maximum absolute atomic E-state index is 12.7. The van der Waals surface area contributed by atoms with Crippen LogP contribution in [0.5, 0.6) is 0 Å². The molecule has 0 bridgehead atoms. The first-order valence-corrected chi connectivity index (χ1v) is 12.5. The summed E-state index contributed by atoms with van der Waals surface area (Å²) >= 11 is 0. The maximum atomic E-state index is 12.7. The molecule has 0 aliphatic heterocycles. The number of benzene rings is 1. The van der Waals surface area contributed by atoms with Crippen molar-refractivity contribution in [1.82, 2.24) is 10.6 Å². The van der Waals surface area contributed by atoms with Gasteiger partial charge in [-0.2, -0.15) is 0 Å². The molecule has 31 heavy (non-hydrogen) atoms. The number of hydrogen-bond donors (Lipinski definition) is 2. The Morgan fingerprint density at radius 3 is 2.26 bits per heavy atom. The zero-order chi connectivity index (χ0) is 22.3. The number of sulfone groups is 1. The Balaban J connectivity index is 0.00000480. The average molecular weight is 566 g/mol. The number of nitrogens with one attached hydrogen (secondary N) is 2. The Labute approximate surface area is 206 Å². The van der Waals surface area contributed by atoms with Crippen molar-refractivity contribution in [3.05, 3.63) is 29.8 Å². The summed E-state index contributed by atoms with van der Waals surface area (Å²) in [6.07, 6.45) is 5.93. The summed E-state index contributed by atoms with van der Waals surface area (Å²) in [7, 11) is 0.115. The molecule has 6 nitrogen and oxygen atoms in total. The molecule has 0 aromatic heterocycles. The van der Waals surface area contributed by atoms with Crippen LogP contribution in [0.1, 0.15) is 58.4 Å². The third-order valence-corrected chi connectivity index (χ3v) is 7.83. The number of halogens is 1. The molecule has 0 saturated heterocycles. The molecular weight excluding hydrogens is 525 g/mol. The fourth-order valence-electron chi connectivity index (χ4n) is 4.03. The molecule has 0 heterocycles. The zero-order valence-corrected chi connectivity index (χ0v) is 22.8. The van der Waals surface area contributed by atoms with E-state index < -0.39 is 9.84 Å². The minimum atomic E-state index is -3.34. The van der Waals surface area contributed by atoms with Crippen LogP contribution < -0.4 is 10.6 Å². The van der Waals surface area contributed by atoms with Gasteiger partial charge >= 0.3 is 0 Å². The van der Waals surface area contributed by atoms with Crippen LogP contribution >= 0.6 is 24.0 Å². The number of hydrogen-bond acceptors (Lipinski definition) is 4. The summed E-state index contributed by atoms with van der Waals surface area (Å²) in [4.78, 5) is 4.63. The Morgan fingerprint density at radius 2 is 1.74 bits per heavy atom. The largest absolute Gasteiger partial charge is 0.385 e. The summed E-state index contributed by atoms with van der Waals surface area (Å²) in [6, 6.07) is 7.23. The Hall–Kier alpha value is -0.870. The maximum Gasteiger partial charge on any atom is 0.191 e. The second-order valence-corrected chi connectivity index (χ2v) is 11.5. The molecular formula is C23H40IN3O3S. The van der Waals surface area contributed by atoms with Crippen molar-refractivity contribution in [1.29, 1.82) is 0 Å². The molecule has 0 spiro atoms. The number of nitrogens with zero attached hydrogens (tertiary/aromatic N) is 1. The molecule has 0 amide bonds. The van der Waals surface area contributed by atoms with Gasteiger partial charge in [0.15, 0.2) is 15.8 Å². The van der Waals surface area contributed by atoms with Crippen molar-refractivity contribution < 1.29 is 13.2 Å². The third kappa shape index (κ3) is 8.53. The van der Waals surface area contributed by atoms with E-state index in [0.717, 1.165) is 25.1 Å². The molecule has 1 aliphatic rings. The lowest BCUT2D eigenvalue weighted by atomic mass is 9.83. The van der Waals surface area contributed by atoms with Gasteiger partial charge in [0.05, 0.1) is 10.6 Å². The molecule has 1 fully saturated rings. The van der Waals surface area contributed by atoms with Gasteiger partial charge in [-0.05, 0) is 47.8 Å². The molecule has 1 aliphatic carbocycles. The molecule has 178 valence electrons. The summed E-state index contributed by atoms with van der Waals surface area (Å²) in [5, 5.41) is 6.56. The zero-order valence-electron chi connectivity index (χ0n) is 19.7. The van der Waals surface area contributed by atoms with Gasteiger partial charge in [-0.3, -0.25) is 4.99 Å². The van der Waals surface area contributed by atoms with Gasteiger partial charge in [0.25, 0.3) is 0 Å². The van der Waals surface area contributed by atoms with Crippen molar-refractivity contribution in [3.8, 4) is 0 Å². The van der Waals surface area contributed by atoms with E-state index in [0.29, 0.717) is 17.4 Å². The van der Waals surface area contributed by atoms with Crippen LogP contribution in [-0.4, -0.2) is 54.0 Å². The minimum absolute atomic E-state index is 0. The monoisotopic (exact) mass is 565 g/mol. The average Bonchev–Trinajstić information content (AvgIpc) is 3.17. The van der Waals surface area contributed by atoms with Gasteiger partial charge in [-0.15, -0.1) is 24.0 Å². The molecule has 2 N–H and O–H groups in total. The normalized spacial score (nSPS) is 16.6. The van der Waals surface area contributed by atoms with Crippen LogP contribution in [0, 0.1) is 5.41 Å². The number of methoxy groups -OCH3 is 1. The van der Waals surface area contributed by atoms with Crippen LogP contribution in [0.2, 0.25) is 0 Å². The Kier molecular flexibility index (Phi) is 11.3. The molecule has 1 aromatic carbocycles. The van der Waals surface area contributed by atoms with E-state index in [9.17, 15) is 8.42 Å². The van der Waals surface area contributed by atoms with Gasteiger partial charge in [0.2, 0.25) is 0 Å². The fourth-order valence-corrected chi connectivity index (χ4v) is 5.19. The quantitative estimate of drug-likeness (QED) is 0.268. The Bertz CT molecular complexity index is 796. The number of aliphatic imine (C=N–C) groups is 1. The van der Waals surface area contributed by atoms with Gasteiger partial charge in [-0.1, -0.05) is 45.7 Å². The highest BCUT2D eigenvalue weighted by atomic mass is 127. The van der Waals surface area contributed by atoms with Gasteiger partial charge < -0.3 is 15.4 Å². The highest BCUT2D eigenvalue weighted by Crippen LogP contribution is 2.40. The molecule has 2 rings (SSSR count). The fraction of sp³-hybridized carbons (Fsp3) is 0.696. The second kappa shape index (κ2) is 12.4. The molecule has 1 aromatic rings. The van der Waals surface area contributed by atoms with Crippen molar-refractivity contribution in [2.24, 2.45) is 10.4 Å². The number of rotatable bonds is 9. The van der Waals surface area contributed by atoms with Gasteiger partial charge in [0.1, 0.15) is 0 Å². The first kappa shape index (κ1) is 28.2. The predicted octanol–water partition coefficient (Wildman–Crippen LogP) is 4.14. The third-order valence-electron chi connectivity index (χ3n) is 6.10. The smallest absolute Gasteiger partial charge is 0.191 e. The lowest BCUT2D eigenvalue weighted by Crippen LogP contribution is -2.44. The molecule has 0 radical (unpaired) electrons. The van der Waals surface area contributed by atoms with Gasteiger partial charge in [-0.25, -0.2) is 8.42 Å². The van der Waals surface area contributed by atoms with E-state index in [1.807, 2.05) is 12.1 Å². The first-order valence-electron chi connectivity index (χ1n) is 10.9. The van der Waals surface area contributed by atoms with Crippen LogP contribution in [0.15, 0.2) is 34.2 Å². The predicted molar refractivity (Wildman–Crippen MR) is 139 cm³/mol. The molecule has 8 heteroatoms. The molecule has 0 atom stereocenters. The molecule has 1 saturated carbocycles. The SMILES string of the molecule is CN=C(NCCS(=O)(=O)c1ccc(C(C)(C)C)cc1)NCC1(CCOC)CCCC1.I. The van der Waals surface area contributed by atoms with Crippen LogP contribution in [-0.2, 0) is 20.0 Å². The number of ether oxygens (including phenoxy) is 1. The highest BCUT2D eigenvalue weighted by Gasteiger charge is 2.33. The van der Waals surface area contributed by atoms with Crippen LogP contribution in [0.4, 0.5) is 0 Å². The topological polar surface area (TPSA) is 79.8 Å². The van der Waals surface area contributed by atoms with E-state index in [2.05, 4.69) is 36.4 Å². The lowest BCUT2D eigenvalue weighted by molar-refractivity contribution is 0.138. The first-order chi connectivity index (χ1) is 14.1. The van der Waals surface area contributed by atoms with E-state index in [1.165, 1.54) is 25.7 Å². The van der Waals surface area contributed by atoms with Crippen LogP contribution in [0.25, 0.3) is 0 Å². The minimum Gasteiger partial charge on any atom is -0.385 e. The van der Waals surface area contributed by atoms with E-state index in [1.54, 1.807) is 26.3 Å². The number of guanidine groups is 1. The van der Waals surface area contributed by atoms with Crippen molar-refractivity contribution in [2.45, 2.75) is 63.2 Å². The summed E-state index contributed by atoms with van der Waals surface area (Å²) in [5.41, 5.74) is 1.37. The van der Waals surface area contributed by atoms with E-state index >= 15 is 0 Å².